The lowest BCUT2D eigenvalue weighted by Crippen LogP contribution is -2.40. The number of rotatable bonds is 2. The highest BCUT2D eigenvalue weighted by Gasteiger charge is 2.63. The maximum atomic E-state index is 12.1. The molecule has 3 saturated heterocycles. The van der Waals surface area contributed by atoms with Crippen LogP contribution in [0, 0.1) is 17.8 Å². The molecule has 0 aromatic heterocycles. The second kappa shape index (κ2) is 3.98. The Hall–Kier alpha value is -1.08. The molecule has 0 radical (unpaired) electrons. The summed E-state index contributed by atoms with van der Waals surface area (Å²) in [5.41, 5.74) is 0. The van der Waals surface area contributed by atoms with E-state index in [-0.39, 0.29) is 42.9 Å². The van der Waals surface area contributed by atoms with Gasteiger partial charge >= 0.3 is 12.1 Å². The van der Waals surface area contributed by atoms with Crippen molar-refractivity contribution in [3.05, 3.63) is 12.2 Å². The summed E-state index contributed by atoms with van der Waals surface area (Å²) in [5, 5.41) is 0. The highest BCUT2D eigenvalue weighted by atomic mass is 19.4. The van der Waals surface area contributed by atoms with E-state index in [0.29, 0.717) is 12.3 Å². The number of hydrogen-bond donors (Lipinski definition) is 0. The Balaban J connectivity index is 1.41. The zero-order valence-electron chi connectivity index (χ0n) is 10.4. The highest BCUT2D eigenvalue weighted by Crippen LogP contribution is 2.56. The van der Waals surface area contributed by atoms with E-state index in [1.54, 1.807) is 0 Å². The van der Waals surface area contributed by atoms with Crippen LogP contribution in [0.3, 0.4) is 0 Å². The third-order valence-corrected chi connectivity index (χ3v) is 4.81. The van der Waals surface area contributed by atoms with Crippen LogP contribution in [0.1, 0.15) is 6.42 Å². The number of esters is 1. The molecule has 0 spiro atoms. The van der Waals surface area contributed by atoms with Gasteiger partial charge in [0.05, 0.1) is 31.0 Å². The molecule has 4 nitrogen and oxygen atoms in total. The molecule has 0 saturated carbocycles. The van der Waals surface area contributed by atoms with Gasteiger partial charge in [-0.15, -0.1) is 0 Å². The molecule has 0 N–H and O–H groups in total. The van der Waals surface area contributed by atoms with Crippen LogP contribution in [0.5, 0.6) is 0 Å². The summed E-state index contributed by atoms with van der Waals surface area (Å²) in [6.45, 7) is -0.232. The van der Waals surface area contributed by atoms with Crippen LogP contribution in [0.15, 0.2) is 12.2 Å². The quantitative estimate of drug-likeness (QED) is 0.570. The van der Waals surface area contributed by atoms with Crippen LogP contribution in [0.4, 0.5) is 13.2 Å². The molecule has 20 heavy (non-hydrogen) atoms. The van der Waals surface area contributed by atoms with Crippen molar-refractivity contribution >= 4 is 5.97 Å². The summed E-state index contributed by atoms with van der Waals surface area (Å²) < 4.78 is 52.3. The topological polar surface area (TPSA) is 44.8 Å². The van der Waals surface area contributed by atoms with Crippen molar-refractivity contribution in [1.82, 2.24) is 0 Å². The van der Waals surface area contributed by atoms with E-state index in [0.717, 1.165) is 0 Å². The predicted octanol–water partition coefficient (Wildman–Crippen LogP) is 1.45. The van der Waals surface area contributed by atoms with E-state index in [4.69, 9.17) is 9.47 Å². The molecular formula is C13H13F3O4. The molecule has 7 heteroatoms. The average molecular weight is 290 g/mol. The molecule has 0 aromatic rings. The van der Waals surface area contributed by atoms with Gasteiger partial charge in [-0.05, 0) is 6.42 Å². The molecule has 7 unspecified atom stereocenters. The second-order valence-corrected chi connectivity index (χ2v) is 5.84. The molecule has 110 valence electrons. The van der Waals surface area contributed by atoms with E-state index in [1.807, 2.05) is 12.2 Å². The van der Waals surface area contributed by atoms with Crippen LogP contribution in [0.2, 0.25) is 0 Å². The fraction of sp³-hybridized carbons (Fsp3) is 0.769. The Morgan fingerprint density at radius 3 is 2.60 bits per heavy atom. The SMILES string of the molecule is O=C(OCC1CC2OC1C1C3C=CC(O3)C21)C(F)(F)F. The summed E-state index contributed by atoms with van der Waals surface area (Å²) in [6.07, 6.45) is -0.328. The van der Waals surface area contributed by atoms with Crippen molar-refractivity contribution in [2.75, 3.05) is 6.61 Å². The molecule has 4 bridgehead atoms. The first-order valence-electron chi connectivity index (χ1n) is 6.68. The largest absolute Gasteiger partial charge is 0.490 e. The van der Waals surface area contributed by atoms with Gasteiger partial charge in [0.25, 0.3) is 0 Å². The number of halogens is 3. The number of hydrogen-bond acceptors (Lipinski definition) is 4. The van der Waals surface area contributed by atoms with Gasteiger partial charge in [-0.3, -0.25) is 0 Å². The van der Waals surface area contributed by atoms with Crippen LogP contribution in [-0.2, 0) is 19.0 Å². The first kappa shape index (κ1) is 12.6. The zero-order valence-corrected chi connectivity index (χ0v) is 10.4. The molecule has 4 aliphatic rings. The summed E-state index contributed by atoms with van der Waals surface area (Å²) in [5.74, 6) is -1.78. The number of fused-ring (bicyclic) bond motifs is 9. The van der Waals surface area contributed by atoms with Crippen molar-refractivity contribution in [3.63, 3.8) is 0 Å². The van der Waals surface area contributed by atoms with E-state index in [9.17, 15) is 18.0 Å². The Morgan fingerprint density at radius 2 is 1.90 bits per heavy atom. The molecule has 0 amide bonds. The first-order chi connectivity index (χ1) is 9.45. The molecule has 4 aliphatic heterocycles. The van der Waals surface area contributed by atoms with Crippen molar-refractivity contribution in [1.29, 1.82) is 0 Å². The Kier molecular flexibility index (Phi) is 2.51. The number of alkyl halides is 3. The Morgan fingerprint density at radius 1 is 1.20 bits per heavy atom. The Bertz CT molecular complexity index is 475. The number of ether oxygens (including phenoxy) is 3. The first-order valence-corrected chi connectivity index (χ1v) is 6.68. The van der Waals surface area contributed by atoms with E-state index < -0.39 is 12.1 Å². The van der Waals surface area contributed by atoms with Gasteiger partial charge in [-0.25, -0.2) is 4.79 Å². The Labute approximate surface area is 112 Å². The summed E-state index contributed by atoms with van der Waals surface area (Å²) in [7, 11) is 0. The van der Waals surface area contributed by atoms with Crippen LogP contribution < -0.4 is 0 Å². The van der Waals surface area contributed by atoms with E-state index in [1.165, 1.54) is 0 Å². The van der Waals surface area contributed by atoms with Crippen molar-refractivity contribution in [3.8, 4) is 0 Å². The zero-order chi connectivity index (χ0) is 14.1. The van der Waals surface area contributed by atoms with Gasteiger partial charge in [0.1, 0.15) is 0 Å². The van der Waals surface area contributed by atoms with Gasteiger partial charge in [-0.2, -0.15) is 13.2 Å². The van der Waals surface area contributed by atoms with Crippen LogP contribution in [-0.4, -0.2) is 43.2 Å². The maximum absolute atomic E-state index is 12.1. The minimum atomic E-state index is -4.93. The number of carbonyl (C=O) groups is 1. The lowest BCUT2D eigenvalue weighted by atomic mass is 9.70. The van der Waals surface area contributed by atoms with Crippen molar-refractivity contribution < 1.29 is 32.2 Å². The smallest absolute Gasteiger partial charge is 0.459 e. The minimum Gasteiger partial charge on any atom is -0.459 e. The van der Waals surface area contributed by atoms with Gasteiger partial charge in [0, 0.05) is 17.8 Å². The van der Waals surface area contributed by atoms with Crippen molar-refractivity contribution in [2.45, 2.75) is 37.0 Å². The van der Waals surface area contributed by atoms with E-state index >= 15 is 0 Å². The maximum Gasteiger partial charge on any atom is 0.490 e. The summed E-state index contributed by atoms with van der Waals surface area (Å²) in [4.78, 5) is 10.8. The minimum absolute atomic E-state index is 0.00103. The van der Waals surface area contributed by atoms with E-state index in [2.05, 4.69) is 4.74 Å². The van der Waals surface area contributed by atoms with Gasteiger partial charge in [-0.1, -0.05) is 12.2 Å². The molecule has 7 atom stereocenters. The standard InChI is InChI=1S/C13H13F3O4/c14-13(15,16)12(17)18-4-5-3-8-9-6-1-2-7(19-6)10(9)11(5)20-8/h1-2,5-11H,3-4H2. The lowest BCUT2D eigenvalue weighted by Gasteiger charge is -2.30. The highest BCUT2D eigenvalue weighted by molar-refractivity contribution is 5.75. The fourth-order valence-electron chi connectivity index (χ4n) is 4.11. The summed E-state index contributed by atoms with van der Waals surface area (Å²) >= 11 is 0. The van der Waals surface area contributed by atoms with Gasteiger partial charge in [0.2, 0.25) is 0 Å². The predicted molar refractivity (Wildman–Crippen MR) is 58.6 cm³/mol. The fourth-order valence-corrected chi connectivity index (χ4v) is 4.11. The molecule has 0 aromatic carbocycles. The van der Waals surface area contributed by atoms with Crippen LogP contribution >= 0.6 is 0 Å². The number of carbonyl (C=O) groups excluding carboxylic acids is 1. The second-order valence-electron chi connectivity index (χ2n) is 5.84. The van der Waals surface area contributed by atoms with Crippen LogP contribution in [0.25, 0.3) is 0 Å². The van der Waals surface area contributed by atoms with Crippen molar-refractivity contribution in [2.24, 2.45) is 17.8 Å². The normalized spacial score (nSPS) is 47.9. The average Bonchev–Trinajstić information content (AvgIpc) is 3.11. The van der Waals surface area contributed by atoms with Gasteiger partial charge < -0.3 is 14.2 Å². The monoisotopic (exact) mass is 290 g/mol. The molecule has 3 fully saturated rings. The molecular weight excluding hydrogens is 277 g/mol. The third-order valence-electron chi connectivity index (χ3n) is 4.81. The molecule has 0 aliphatic carbocycles. The lowest BCUT2D eigenvalue weighted by molar-refractivity contribution is -0.201. The van der Waals surface area contributed by atoms with Gasteiger partial charge in [0.15, 0.2) is 0 Å². The molecule has 4 heterocycles. The third kappa shape index (κ3) is 1.65. The summed E-state index contributed by atoms with van der Waals surface area (Å²) in [6, 6.07) is 0. The molecule has 4 rings (SSSR count).